The Morgan fingerprint density at radius 2 is 1.62 bits per heavy atom. The zero-order chi connectivity index (χ0) is 28.0. The standard InChI is InChI=1S/C32H35N3O5/c1-21(2)24(20-36)35-28-31(39)33(19-22-11-5-3-6-12-22)17-10-16-32(28)27(30(35)38)26-25(40-32)15-9-18-34(29(26)37)23-13-7-4-8-14-23/h3-16,21,24-28,36H,17-20H2,1-2H3/t24-,25+,26-,27-,28?,32-/m0/s1. The molecule has 1 N–H and O–H groups in total. The minimum Gasteiger partial charge on any atom is -0.394 e. The van der Waals surface area contributed by atoms with E-state index in [1.807, 2.05) is 98.8 Å². The quantitative estimate of drug-likeness (QED) is 0.568. The van der Waals surface area contributed by atoms with Crippen LogP contribution in [0.15, 0.2) is 85.0 Å². The van der Waals surface area contributed by atoms with Crippen molar-refractivity contribution in [3.8, 4) is 0 Å². The summed E-state index contributed by atoms with van der Waals surface area (Å²) in [6.45, 7) is 4.65. The van der Waals surface area contributed by atoms with E-state index in [2.05, 4.69) is 0 Å². The number of aliphatic hydroxyl groups excluding tert-OH is 1. The van der Waals surface area contributed by atoms with Crippen molar-refractivity contribution in [3.05, 3.63) is 90.5 Å². The molecule has 8 nitrogen and oxygen atoms in total. The van der Waals surface area contributed by atoms with Crippen LogP contribution in [-0.2, 0) is 25.7 Å². The summed E-state index contributed by atoms with van der Waals surface area (Å²) in [7, 11) is 0. The van der Waals surface area contributed by atoms with Crippen LogP contribution in [0.25, 0.3) is 0 Å². The summed E-state index contributed by atoms with van der Waals surface area (Å²) < 4.78 is 6.73. The fourth-order valence-electron chi connectivity index (χ4n) is 6.89. The van der Waals surface area contributed by atoms with Crippen LogP contribution in [0.1, 0.15) is 19.4 Å². The van der Waals surface area contributed by atoms with Crippen molar-refractivity contribution in [3.63, 3.8) is 0 Å². The molecule has 2 saturated heterocycles. The lowest BCUT2D eigenvalue weighted by molar-refractivity contribution is -0.151. The predicted octanol–water partition coefficient (Wildman–Crippen LogP) is 2.79. The van der Waals surface area contributed by atoms with Gasteiger partial charge in [-0.15, -0.1) is 0 Å². The zero-order valence-electron chi connectivity index (χ0n) is 22.8. The smallest absolute Gasteiger partial charge is 0.249 e. The molecule has 4 aliphatic heterocycles. The van der Waals surface area contributed by atoms with Gasteiger partial charge in [0.1, 0.15) is 11.6 Å². The summed E-state index contributed by atoms with van der Waals surface area (Å²) >= 11 is 0. The van der Waals surface area contributed by atoms with Crippen LogP contribution >= 0.6 is 0 Å². The monoisotopic (exact) mass is 541 g/mol. The van der Waals surface area contributed by atoms with Crippen LogP contribution in [0.2, 0.25) is 0 Å². The molecule has 2 aromatic rings. The average molecular weight is 542 g/mol. The van der Waals surface area contributed by atoms with Gasteiger partial charge in [-0.05, 0) is 23.6 Å². The first-order valence-corrected chi connectivity index (χ1v) is 14.0. The van der Waals surface area contributed by atoms with Gasteiger partial charge in [0, 0.05) is 25.3 Å². The summed E-state index contributed by atoms with van der Waals surface area (Å²) in [5.41, 5.74) is 0.399. The Hall–Kier alpha value is -3.75. The second-order valence-corrected chi connectivity index (χ2v) is 11.4. The largest absolute Gasteiger partial charge is 0.394 e. The third-order valence-corrected chi connectivity index (χ3v) is 8.78. The molecule has 8 heteroatoms. The van der Waals surface area contributed by atoms with E-state index in [0.717, 1.165) is 11.3 Å². The molecule has 4 aliphatic rings. The summed E-state index contributed by atoms with van der Waals surface area (Å²) in [6, 6.07) is 17.5. The number of para-hydroxylation sites is 1. The van der Waals surface area contributed by atoms with Crippen LogP contribution in [0, 0.1) is 17.8 Å². The fourth-order valence-corrected chi connectivity index (χ4v) is 6.89. The van der Waals surface area contributed by atoms with Crippen molar-refractivity contribution in [1.82, 2.24) is 9.80 Å². The van der Waals surface area contributed by atoms with E-state index in [4.69, 9.17) is 4.74 Å². The van der Waals surface area contributed by atoms with E-state index in [1.54, 1.807) is 9.80 Å². The molecule has 1 unspecified atom stereocenters. The van der Waals surface area contributed by atoms with Gasteiger partial charge in [0.05, 0.1) is 30.6 Å². The molecule has 0 saturated carbocycles. The highest BCUT2D eigenvalue weighted by molar-refractivity contribution is 6.04. The maximum Gasteiger partial charge on any atom is 0.249 e. The lowest BCUT2D eigenvalue weighted by Crippen LogP contribution is -2.59. The number of carbonyl (C=O) groups is 3. The molecule has 0 aliphatic carbocycles. The van der Waals surface area contributed by atoms with Gasteiger partial charge in [-0.2, -0.15) is 0 Å². The van der Waals surface area contributed by atoms with Crippen molar-refractivity contribution in [2.45, 2.75) is 44.2 Å². The number of fused-ring (bicyclic) bond motifs is 2. The van der Waals surface area contributed by atoms with Crippen molar-refractivity contribution < 1.29 is 24.2 Å². The van der Waals surface area contributed by atoms with Gasteiger partial charge in [-0.3, -0.25) is 14.4 Å². The van der Waals surface area contributed by atoms with E-state index >= 15 is 0 Å². The van der Waals surface area contributed by atoms with Crippen LogP contribution in [0.3, 0.4) is 0 Å². The van der Waals surface area contributed by atoms with Gasteiger partial charge < -0.3 is 24.5 Å². The topological polar surface area (TPSA) is 90.4 Å². The lowest BCUT2D eigenvalue weighted by Gasteiger charge is -2.39. The summed E-state index contributed by atoms with van der Waals surface area (Å²) in [5, 5.41) is 10.4. The van der Waals surface area contributed by atoms with Crippen LogP contribution in [0.4, 0.5) is 5.69 Å². The third-order valence-electron chi connectivity index (χ3n) is 8.78. The van der Waals surface area contributed by atoms with Gasteiger partial charge in [0.15, 0.2) is 0 Å². The first-order valence-electron chi connectivity index (χ1n) is 14.0. The van der Waals surface area contributed by atoms with Gasteiger partial charge in [-0.25, -0.2) is 0 Å². The lowest BCUT2D eigenvalue weighted by atomic mass is 9.77. The van der Waals surface area contributed by atoms with Crippen molar-refractivity contribution in [2.75, 3.05) is 24.6 Å². The van der Waals surface area contributed by atoms with Crippen LogP contribution in [0.5, 0.6) is 0 Å². The van der Waals surface area contributed by atoms with Crippen LogP contribution in [-0.4, -0.2) is 76.1 Å². The number of aliphatic hydroxyl groups is 1. The Kier molecular flexibility index (Phi) is 6.84. The maximum absolute atomic E-state index is 14.5. The first kappa shape index (κ1) is 26.5. The van der Waals surface area contributed by atoms with Crippen molar-refractivity contribution >= 4 is 23.4 Å². The molecule has 6 atom stereocenters. The number of carbonyl (C=O) groups excluding carboxylic acids is 3. The number of nitrogens with zero attached hydrogens (tertiary/aromatic N) is 3. The van der Waals surface area contributed by atoms with E-state index in [1.165, 1.54) is 4.90 Å². The number of hydrogen-bond donors (Lipinski definition) is 1. The highest BCUT2D eigenvalue weighted by atomic mass is 16.5. The van der Waals surface area contributed by atoms with Gasteiger partial charge in [-0.1, -0.05) is 86.7 Å². The molecule has 6 rings (SSSR count). The van der Waals surface area contributed by atoms with Gasteiger partial charge in [0.25, 0.3) is 0 Å². The predicted molar refractivity (Wildman–Crippen MR) is 150 cm³/mol. The minimum atomic E-state index is -1.32. The molecule has 3 amide bonds. The molecule has 2 aromatic carbocycles. The second kappa shape index (κ2) is 10.3. The Morgan fingerprint density at radius 3 is 2.30 bits per heavy atom. The third kappa shape index (κ3) is 4.09. The Bertz CT molecular complexity index is 1340. The zero-order valence-corrected chi connectivity index (χ0v) is 22.8. The summed E-state index contributed by atoms with van der Waals surface area (Å²) in [4.78, 5) is 48.1. The number of likely N-dealkylation sites (tertiary alicyclic amines) is 1. The van der Waals surface area contributed by atoms with Crippen molar-refractivity contribution in [1.29, 1.82) is 0 Å². The molecule has 40 heavy (non-hydrogen) atoms. The van der Waals surface area contributed by atoms with Crippen LogP contribution < -0.4 is 4.90 Å². The summed E-state index contributed by atoms with van der Waals surface area (Å²) in [6.07, 6.45) is 6.86. The normalized spacial score (nSPS) is 30.3. The number of hydrogen-bond acceptors (Lipinski definition) is 5. The molecule has 0 bridgehead atoms. The Morgan fingerprint density at radius 1 is 0.925 bits per heavy atom. The molecule has 2 fully saturated rings. The molecule has 4 heterocycles. The van der Waals surface area contributed by atoms with E-state index < -0.39 is 35.6 Å². The maximum atomic E-state index is 14.5. The van der Waals surface area contributed by atoms with E-state index in [9.17, 15) is 19.5 Å². The Balaban J connectivity index is 1.44. The number of amides is 3. The molecule has 208 valence electrons. The number of rotatable bonds is 6. The number of benzene rings is 2. The van der Waals surface area contributed by atoms with Crippen molar-refractivity contribution in [2.24, 2.45) is 17.8 Å². The van der Waals surface area contributed by atoms with E-state index in [0.29, 0.717) is 19.6 Å². The molecular weight excluding hydrogens is 506 g/mol. The summed E-state index contributed by atoms with van der Waals surface area (Å²) in [5.74, 6) is -2.57. The molecular formula is C32H35N3O5. The number of anilines is 1. The van der Waals surface area contributed by atoms with Gasteiger partial charge in [0.2, 0.25) is 17.7 Å². The second-order valence-electron chi connectivity index (χ2n) is 11.4. The van der Waals surface area contributed by atoms with E-state index in [-0.39, 0.29) is 30.2 Å². The first-order chi connectivity index (χ1) is 19.4. The average Bonchev–Trinajstić information content (AvgIpc) is 3.27. The minimum absolute atomic E-state index is 0.117. The highest BCUT2D eigenvalue weighted by Crippen LogP contribution is 2.54. The molecule has 0 aromatic heterocycles. The SMILES string of the molecule is CC(C)[C@H](CO)N1C(=O)[C@@H]2[C@H]3C(=O)N(c4ccccc4)CC=C[C@H]3O[C@@]23C=CCN(Cc2ccccc2)C(=O)C13. The highest BCUT2D eigenvalue weighted by Gasteiger charge is 2.72. The molecule has 1 spiro atoms. The Labute approximate surface area is 234 Å². The number of ether oxygens (including phenoxy) is 1. The van der Waals surface area contributed by atoms with Gasteiger partial charge >= 0.3 is 0 Å². The molecule has 0 radical (unpaired) electrons. The fraction of sp³-hybridized carbons (Fsp3) is 0.406.